The van der Waals surface area contributed by atoms with E-state index in [1.54, 1.807) is 21.7 Å². The molecule has 0 unspecified atom stereocenters. The maximum absolute atomic E-state index is 10.4. The van der Waals surface area contributed by atoms with Gasteiger partial charge in [0.25, 0.3) is 0 Å². The first-order chi connectivity index (χ1) is 16.7. The Hall–Kier alpha value is -0.921. The van der Waals surface area contributed by atoms with Crippen LogP contribution >= 0.6 is 0 Å². The quantitative estimate of drug-likeness (QED) is 0.0951. The molecule has 0 fully saturated rings. The van der Waals surface area contributed by atoms with Crippen molar-refractivity contribution in [3.05, 3.63) is 0 Å². The molecule has 0 saturated heterocycles. The fourth-order valence-electron chi connectivity index (χ4n) is 3.24. The molecule has 0 aromatic heterocycles. The Morgan fingerprint density at radius 2 is 0.800 bits per heavy atom. The number of aliphatic carboxylic acids is 2. The summed E-state index contributed by atoms with van der Waals surface area (Å²) in [6.07, 6.45) is 19.0. The van der Waals surface area contributed by atoms with Crippen LogP contribution in [-0.4, -0.2) is 44.6 Å². The van der Waals surface area contributed by atoms with Gasteiger partial charge in [-0.25, -0.2) is 0 Å². The number of hydrogen-bond donors (Lipinski definition) is 0. The molecule has 35 heavy (non-hydrogen) atoms. The number of carboxylic acid groups (broad SMARTS) is 2. The topological polar surface area (TPSA) is 114 Å². The molecular formula is C28H52O6Sn. The van der Waals surface area contributed by atoms with Crippen LogP contribution in [0.2, 0.25) is 8.87 Å². The van der Waals surface area contributed by atoms with E-state index < -0.39 is 24.8 Å². The second-order valence-electron chi connectivity index (χ2n) is 8.96. The van der Waals surface area contributed by atoms with E-state index in [2.05, 4.69) is 13.8 Å². The van der Waals surface area contributed by atoms with Crippen molar-refractivity contribution in [1.29, 1.82) is 0 Å². The molecule has 0 spiro atoms. The van der Waals surface area contributed by atoms with Crippen molar-refractivity contribution in [3.8, 4) is 0 Å². The van der Waals surface area contributed by atoms with Crippen molar-refractivity contribution in [2.45, 2.75) is 152 Å². The van der Waals surface area contributed by atoms with E-state index in [-0.39, 0.29) is 32.7 Å². The Labute approximate surface area is 225 Å². The fourth-order valence-corrected chi connectivity index (χ4v) is 6.81. The number of carboxylic acids is 2. The van der Waals surface area contributed by atoms with Crippen LogP contribution < -0.4 is 10.2 Å². The summed E-state index contributed by atoms with van der Waals surface area (Å²) in [6.45, 7) is 8.25. The molecule has 0 aliphatic rings. The molecule has 6 nitrogen and oxygen atoms in total. The standard InChI is InChI=1S/2C8H17.2C6H10O3.Sn/c2*1-3-5-7-8-6-4-2;2*1-2-3-5(7)4-6(8)9;/h2*1,3-8H2,2H3;2*2-4H2,1H3,(H,8,9);/q;;;;+2/p-2. The number of carbonyl (C=O) groups excluding carboxylic acids is 4. The van der Waals surface area contributed by atoms with Gasteiger partial charge >= 0.3 is 121 Å². The molecule has 0 aromatic rings. The zero-order valence-corrected chi connectivity index (χ0v) is 25.9. The molecule has 0 N–H and O–H groups in total. The summed E-state index contributed by atoms with van der Waals surface area (Å²) in [6, 6.07) is 0. The number of unbranched alkanes of at least 4 members (excludes halogenated alkanes) is 10. The van der Waals surface area contributed by atoms with E-state index in [0.29, 0.717) is 25.7 Å². The molecule has 0 bridgehead atoms. The fraction of sp³-hybridized carbons (Fsp3) is 0.857. The predicted octanol–water partition coefficient (Wildman–Crippen LogP) is 5.24. The van der Waals surface area contributed by atoms with Crippen LogP contribution in [0.15, 0.2) is 0 Å². The van der Waals surface area contributed by atoms with E-state index in [1.807, 2.05) is 13.8 Å². The van der Waals surface area contributed by atoms with Gasteiger partial charge in [-0.3, -0.25) is 9.59 Å². The number of rotatable bonds is 22. The molecule has 0 amide bonds. The third kappa shape index (κ3) is 43.6. The monoisotopic (exact) mass is 604 g/mol. The molecule has 0 atom stereocenters. The molecular weight excluding hydrogens is 551 g/mol. The zero-order chi connectivity index (χ0) is 27.2. The second kappa shape index (κ2) is 33.1. The van der Waals surface area contributed by atoms with Gasteiger partial charge in [0.05, 0.1) is 0 Å². The van der Waals surface area contributed by atoms with Gasteiger partial charge in [0.2, 0.25) is 0 Å². The van der Waals surface area contributed by atoms with Crippen molar-refractivity contribution in [1.82, 2.24) is 0 Å². The summed E-state index contributed by atoms with van der Waals surface area (Å²) < 4.78 is 3.31. The Bertz CT molecular complexity index is 464. The summed E-state index contributed by atoms with van der Waals surface area (Å²) in [7, 11) is 0. The third-order valence-electron chi connectivity index (χ3n) is 5.15. The van der Waals surface area contributed by atoms with Crippen molar-refractivity contribution < 1.29 is 29.4 Å². The molecule has 0 heterocycles. The van der Waals surface area contributed by atoms with Gasteiger partial charge in [-0.15, -0.1) is 0 Å². The minimum atomic E-state index is -1.28. The Morgan fingerprint density at radius 3 is 1.09 bits per heavy atom. The van der Waals surface area contributed by atoms with Gasteiger partial charge in [0, 0.05) is 37.6 Å². The molecule has 7 heteroatoms. The summed E-state index contributed by atoms with van der Waals surface area (Å²) in [4.78, 5) is 40.4. The van der Waals surface area contributed by atoms with Gasteiger partial charge in [-0.05, 0) is 12.8 Å². The average molecular weight is 603 g/mol. The van der Waals surface area contributed by atoms with Crippen LogP contribution in [0.1, 0.15) is 143 Å². The van der Waals surface area contributed by atoms with E-state index in [1.165, 1.54) is 64.2 Å². The van der Waals surface area contributed by atoms with Crippen molar-refractivity contribution in [3.63, 3.8) is 0 Å². The molecule has 0 aliphatic carbocycles. The van der Waals surface area contributed by atoms with Crippen LogP contribution in [-0.2, 0) is 19.2 Å². The molecule has 204 valence electrons. The molecule has 0 rings (SSSR count). The third-order valence-corrected chi connectivity index (χ3v) is 9.19. The first-order valence-corrected chi connectivity index (χ1v) is 17.9. The van der Waals surface area contributed by atoms with Crippen LogP contribution in [0.5, 0.6) is 0 Å². The van der Waals surface area contributed by atoms with Gasteiger partial charge in [0.1, 0.15) is 11.6 Å². The maximum atomic E-state index is 10.4. The average Bonchev–Trinajstić information content (AvgIpc) is 2.77. The van der Waals surface area contributed by atoms with Crippen LogP contribution in [0.3, 0.4) is 0 Å². The molecule has 0 radical (unpaired) electrons. The van der Waals surface area contributed by atoms with Crippen LogP contribution in [0.25, 0.3) is 0 Å². The van der Waals surface area contributed by atoms with Gasteiger partial charge in [-0.2, -0.15) is 0 Å². The Morgan fingerprint density at radius 1 is 0.486 bits per heavy atom. The van der Waals surface area contributed by atoms with E-state index in [9.17, 15) is 29.4 Å². The number of ketones is 2. The van der Waals surface area contributed by atoms with Crippen LogP contribution in [0.4, 0.5) is 0 Å². The van der Waals surface area contributed by atoms with Gasteiger partial charge < -0.3 is 19.8 Å². The Balaban J connectivity index is -0.000000481. The normalized spacial score (nSPS) is 9.71. The summed E-state index contributed by atoms with van der Waals surface area (Å²) in [5.41, 5.74) is 0. The van der Waals surface area contributed by atoms with Crippen LogP contribution in [0, 0.1) is 0 Å². The Kier molecular flexibility index (Phi) is 36.5. The van der Waals surface area contributed by atoms with Gasteiger partial charge in [-0.1, -0.05) is 13.8 Å². The van der Waals surface area contributed by atoms with E-state index in [4.69, 9.17) is 0 Å². The van der Waals surface area contributed by atoms with Crippen molar-refractivity contribution in [2.75, 3.05) is 0 Å². The van der Waals surface area contributed by atoms with E-state index >= 15 is 0 Å². The summed E-state index contributed by atoms with van der Waals surface area (Å²) in [5.74, 6) is -3.07. The minimum absolute atomic E-state index is 0.0736. The van der Waals surface area contributed by atoms with Gasteiger partial charge in [0.15, 0.2) is 0 Å². The first-order valence-electron chi connectivity index (χ1n) is 13.9. The summed E-state index contributed by atoms with van der Waals surface area (Å²) >= 11 is 0.0736. The number of hydrogen-bond acceptors (Lipinski definition) is 6. The summed E-state index contributed by atoms with van der Waals surface area (Å²) in [5, 5.41) is 19.5. The van der Waals surface area contributed by atoms with E-state index in [0.717, 1.165) is 0 Å². The van der Waals surface area contributed by atoms with Crippen molar-refractivity contribution in [2.24, 2.45) is 0 Å². The van der Waals surface area contributed by atoms with Crippen molar-refractivity contribution >= 4 is 44.6 Å². The first kappa shape index (κ1) is 38.6. The predicted molar refractivity (Wildman–Crippen MR) is 141 cm³/mol. The number of carbonyl (C=O) groups is 4. The number of Topliss-reactive ketones (excluding diaryl/α,β-unsaturated/α-hetero) is 2. The molecule has 0 aliphatic heterocycles. The second-order valence-corrected chi connectivity index (χ2v) is 13.2. The SMILES string of the molecule is CCCC(=O)CC(=O)[O-].CCCC(=O)CC(=O)[O-].CCCCCCC[CH2][Sn+2][CH2]CCCCCCC. The zero-order valence-electron chi connectivity index (χ0n) is 23.1. The molecule has 0 aromatic carbocycles. The molecule has 0 saturated carbocycles.